The van der Waals surface area contributed by atoms with Gasteiger partial charge in [-0.3, -0.25) is 4.79 Å². The summed E-state index contributed by atoms with van der Waals surface area (Å²) in [6.07, 6.45) is 0.982. The van der Waals surface area contributed by atoms with Crippen LogP contribution < -0.4 is 0 Å². The van der Waals surface area contributed by atoms with E-state index in [-0.39, 0.29) is 5.91 Å². The second-order valence-corrected chi connectivity index (χ2v) is 7.24. The number of nitrogens with zero attached hydrogens (tertiary/aromatic N) is 2. The molecule has 0 spiro atoms. The van der Waals surface area contributed by atoms with E-state index in [9.17, 15) is 9.90 Å². The Bertz CT molecular complexity index is 861. The average Bonchev–Trinajstić information content (AvgIpc) is 2.93. The summed E-state index contributed by atoms with van der Waals surface area (Å²) in [6, 6.07) is 16.6. The van der Waals surface area contributed by atoms with Gasteiger partial charge in [-0.25, -0.2) is 0 Å². The van der Waals surface area contributed by atoms with Gasteiger partial charge in [0.1, 0.15) is 0 Å². The lowest BCUT2D eigenvalue weighted by Crippen LogP contribution is -2.44. The zero-order valence-corrected chi connectivity index (χ0v) is 14.6. The Morgan fingerprint density at radius 2 is 1.64 bits per heavy atom. The Morgan fingerprint density at radius 1 is 1.04 bits per heavy atom. The normalized spacial score (nSPS) is 19.7. The van der Waals surface area contributed by atoms with Gasteiger partial charge in [0.2, 0.25) is 5.91 Å². The van der Waals surface area contributed by atoms with Crippen molar-refractivity contribution in [1.29, 1.82) is 0 Å². The topological polar surface area (TPSA) is 45.5 Å². The predicted octanol–water partition coefficient (Wildman–Crippen LogP) is 3.41. The molecule has 1 fully saturated rings. The van der Waals surface area contributed by atoms with Crippen LogP contribution in [0.3, 0.4) is 0 Å². The number of amides is 1. The molecule has 1 amide bonds. The Kier molecular flexibility index (Phi) is 4.22. The van der Waals surface area contributed by atoms with Crippen molar-refractivity contribution in [2.45, 2.75) is 32.4 Å². The van der Waals surface area contributed by atoms with E-state index in [1.54, 1.807) is 0 Å². The molecular weight excluding hydrogens is 312 g/mol. The largest absolute Gasteiger partial charge is 0.389 e. The summed E-state index contributed by atoms with van der Waals surface area (Å²) in [5.41, 5.74) is 2.25. The molecule has 0 aliphatic carbocycles. The molecular formula is C21H24N2O2. The van der Waals surface area contributed by atoms with E-state index in [1.807, 2.05) is 29.2 Å². The van der Waals surface area contributed by atoms with Gasteiger partial charge >= 0.3 is 0 Å². The summed E-state index contributed by atoms with van der Waals surface area (Å²) >= 11 is 0. The molecule has 1 aromatic heterocycles. The molecule has 1 aliphatic heterocycles. The Labute approximate surface area is 147 Å². The number of para-hydroxylation sites is 2. The number of rotatable bonds is 4. The van der Waals surface area contributed by atoms with E-state index in [4.69, 9.17) is 0 Å². The molecule has 0 radical (unpaired) electrons. The number of aliphatic hydroxyl groups excluding tert-OH is 1. The van der Waals surface area contributed by atoms with Gasteiger partial charge in [-0.15, -0.1) is 0 Å². The lowest BCUT2D eigenvalue weighted by atomic mass is 9.99. The van der Waals surface area contributed by atoms with Crippen molar-refractivity contribution in [3.63, 3.8) is 0 Å². The van der Waals surface area contributed by atoms with E-state index in [0.717, 1.165) is 24.0 Å². The monoisotopic (exact) mass is 336 g/mol. The van der Waals surface area contributed by atoms with Crippen molar-refractivity contribution in [3.05, 3.63) is 48.5 Å². The van der Waals surface area contributed by atoms with Crippen LogP contribution in [0, 0.1) is 5.92 Å². The SMILES string of the molecule is CC1CCC(=O)N(CC(O)Cn2c3ccccc3c3ccccc32)C1. The summed E-state index contributed by atoms with van der Waals surface area (Å²) in [4.78, 5) is 13.9. The van der Waals surface area contributed by atoms with Gasteiger partial charge in [-0.2, -0.15) is 0 Å². The maximum absolute atomic E-state index is 12.1. The van der Waals surface area contributed by atoms with E-state index in [0.29, 0.717) is 25.4 Å². The van der Waals surface area contributed by atoms with Crippen LogP contribution in [0.25, 0.3) is 21.8 Å². The maximum Gasteiger partial charge on any atom is 0.222 e. The molecule has 2 heterocycles. The van der Waals surface area contributed by atoms with Crippen LogP contribution >= 0.6 is 0 Å². The van der Waals surface area contributed by atoms with Crippen LogP contribution in [0.15, 0.2) is 48.5 Å². The number of fused-ring (bicyclic) bond motifs is 3. The Balaban J connectivity index is 1.62. The number of piperidine rings is 1. The summed E-state index contributed by atoms with van der Waals surface area (Å²) < 4.78 is 2.17. The third-order valence-corrected chi connectivity index (χ3v) is 5.24. The van der Waals surface area contributed by atoms with Gasteiger partial charge in [0.05, 0.1) is 12.6 Å². The van der Waals surface area contributed by atoms with Crippen LogP contribution in [-0.2, 0) is 11.3 Å². The average molecular weight is 336 g/mol. The molecule has 2 aromatic carbocycles. The summed E-state index contributed by atoms with van der Waals surface area (Å²) in [5.74, 6) is 0.678. The molecule has 4 heteroatoms. The molecule has 1 saturated heterocycles. The summed E-state index contributed by atoms with van der Waals surface area (Å²) in [6.45, 7) is 3.82. The first-order chi connectivity index (χ1) is 12.1. The lowest BCUT2D eigenvalue weighted by molar-refractivity contribution is -0.136. The van der Waals surface area contributed by atoms with E-state index >= 15 is 0 Å². The number of aliphatic hydroxyl groups is 1. The Hall–Kier alpha value is -2.33. The van der Waals surface area contributed by atoms with Crippen LogP contribution in [0.2, 0.25) is 0 Å². The van der Waals surface area contributed by atoms with Gasteiger partial charge in [-0.1, -0.05) is 43.3 Å². The lowest BCUT2D eigenvalue weighted by Gasteiger charge is -2.32. The van der Waals surface area contributed by atoms with Crippen molar-refractivity contribution in [3.8, 4) is 0 Å². The number of carbonyl (C=O) groups excluding carboxylic acids is 1. The molecule has 0 saturated carbocycles. The minimum Gasteiger partial charge on any atom is -0.389 e. The highest BCUT2D eigenvalue weighted by molar-refractivity contribution is 6.07. The Morgan fingerprint density at radius 3 is 2.28 bits per heavy atom. The van der Waals surface area contributed by atoms with Crippen LogP contribution in [0.1, 0.15) is 19.8 Å². The minimum atomic E-state index is -0.575. The van der Waals surface area contributed by atoms with Crippen LogP contribution in [-0.4, -0.2) is 39.7 Å². The predicted molar refractivity (Wildman–Crippen MR) is 100 cm³/mol. The highest BCUT2D eigenvalue weighted by Crippen LogP contribution is 2.29. The zero-order valence-electron chi connectivity index (χ0n) is 14.6. The molecule has 4 rings (SSSR count). The quantitative estimate of drug-likeness (QED) is 0.793. The maximum atomic E-state index is 12.1. The van der Waals surface area contributed by atoms with Gasteiger partial charge in [-0.05, 0) is 24.5 Å². The highest BCUT2D eigenvalue weighted by atomic mass is 16.3. The van der Waals surface area contributed by atoms with Gasteiger partial charge < -0.3 is 14.6 Å². The number of hydrogen-bond donors (Lipinski definition) is 1. The smallest absolute Gasteiger partial charge is 0.222 e. The van der Waals surface area contributed by atoms with Crippen molar-refractivity contribution >= 4 is 27.7 Å². The van der Waals surface area contributed by atoms with Crippen molar-refractivity contribution in [1.82, 2.24) is 9.47 Å². The van der Waals surface area contributed by atoms with E-state index in [2.05, 4.69) is 35.8 Å². The first kappa shape index (κ1) is 16.2. The van der Waals surface area contributed by atoms with Crippen molar-refractivity contribution in [2.24, 2.45) is 5.92 Å². The minimum absolute atomic E-state index is 0.166. The molecule has 3 aromatic rings. The fourth-order valence-electron chi connectivity index (χ4n) is 4.00. The second kappa shape index (κ2) is 6.52. The molecule has 130 valence electrons. The first-order valence-electron chi connectivity index (χ1n) is 9.05. The first-order valence-corrected chi connectivity index (χ1v) is 9.05. The number of likely N-dealkylation sites (tertiary alicyclic amines) is 1. The highest BCUT2D eigenvalue weighted by Gasteiger charge is 2.25. The van der Waals surface area contributed by atoms with Crippen LogP contribution in [0.5, 0.6) is 0 Å². The fraction of sp³-hybridized carbons (Fsp3) is 0.381. The zero-order chi connectivity index (χ0) is 17.4. The second-order valence-electron chi connectivity index (χ2n) is 7.24. The summed E-state index contributed by atoms with van der Waals surface area (Å²) in [7, 11) is 0. The standard InChI is InChI=1S/C21H24N2O2/c1-15-10-11-21(25)22(12-15)13-16(24)14-23-19-8-4-2-6-17(19)18-7-3-5-9-20(18)23/h2-9,15-16,24H,10-14H2,1H3. The molecule has 2 atom stereocenters. The third kappa shape index (κ3) is 3.02. The number of carbonyl (C=O) groups is 1. The molecule has 1 aliphatic rings. The van der Waals surface area contributed by atoms with Gasteiger partial charge in [0.15, 0.2) is 0 Å². The number of hydrogen-bond acceptors (Lipinski definition) is 2. The fourth-order valence-corrected chi connectivity index (χ4v) is 4.00. The molecule has 2 unspecified atom stereocenters. The molecule has 1 N–H and O–H groups in total. The molecule has 0 bridgehead atoms. The van der Waals surface area contributed by atoms with Crippen LogP contribution in [0.4, 0.5) is 0 Å². The van der Waals surface area contributed by atoms with Crippen molar-refractivity contribution < 1.29 is 9.90 Å². The van der Waals surface area contributed by atoms with Gasteiger partial charge in [0, 0.05) is 41.3 Å². The number of β-amino-alcohol motifs (C(OH)–C–C–N with tert-alkyl or cyclic N) is 1. The summed E-state index contributed by atoms with van der Waals surface area (Å²) in [5, 5.41) is 13.1. The molecule has 25 heavy (non-hydrogen) atoms. The van der Waals surface area contributed by atoms with E-state index < -0.39 is 6.10 Å². The number of aromatic nitrogens is 1. The number of benzene rings is 2. The third-order valence-electron chi connectivity index (χ3n) is 5.24. The molecule has 4 nitrogen and oxygen atoms in total. The van der Waals surface area contributed by atoms with E-state index in [1.165, 1.54) is 10.8 Å². The van der Waals surface area contributed by atoms with Gasteiger partial charge in [0.25, 0.3) is 0 Å². The van der Waals surface area contributed by atoms with Crippen molar-refractivity contribution in [2.75, 3.05) is 13.1 Å².